The monoisotopic (exact) mass is 279 g/mol. The predicted octanol–water partition coefficient (Wildman–Crippen LogP) is 2.02. The lowest BCUT2D eigenvalue weighted by molar-refractivity contribution is -0.145. The normalized spacial score (nSPS) is 27.6. The first-order valence-electron chi connectivity index (χ1n) is 7.46. The van der Waals surface area contributed by atoms with Crippen molar-refractivity contribution >= 4 is 5.97 Å². The van der Waals surface area contributed by atoms with Gasteiger partial charge in [0.25, 0.3) is 0 Å². The Labute approximate surface area is 118 Å². The molecule has 0 radical (unpaired) electrons. The van der Waals surface area contributed by atoms with Gasteiger partial charge in [0.15, 0.2) is 5.82 Å². The van der Waals surface area contributed by atoms with Crippen molar-refractivity contribution in [2.24, 2.45) is 5.92 Å². The summed E-state index contributed by atoms with van der Waals surface area (Å²) in [5.41, 5.74) is 0. The van der Waals surface area contributed by atoms with Gasteiger partial charge in [-0.2, -0.15) is 4.98 Å². The van der Waals surface area contributed by atoms with Gasteiger partial charge in [-0.05, 0) is 38.1 Å². The Morgan fingerprint density at radius 1 is 1.45 bits per heavy atom. The highest BCUT2D eigenvalue weighted by Gasteiger charge is 2.34. The Hall–Kier alpha value is -1.43. The van der Waals surface area contributed by atoms with Gasteiger partial charge in [0.05, 0.1) is 6.54 Å². The van der Waals surface area contributed by atoms with Gasteiger partial charge in [0.1, 0.15) is 6.04 Å². The summed E-state index contributed by atoms with van der Waals surface area (Å²) in [4.78, 5) is 17.8. The zero-order valence-corrected chi connectivity index (χ0v) is 11.8. The van der Waals surface area contributed by atoms with E-state index < -0.39 is 12.0 Å². The largest absolute Gasteiger partial charge is 0.480 e. The van der Waals surface area contributed by atoms with Crippen LogP contribution in [0.3, 0.4) is 0 Å². The van der Waals surface area contributed by atoms with Crippen LogP contribution in [-0.4, -0.2) is 38.7 Å². The van der Waals surface area contributed by atoms with Crippen LogP contribution in [0.1, 0.15) is 56.7 Å². The van der Waals surface area contributed by atoms with E-state index in [4.69, 9.17) is 4.52 Å². The second-order valence-corrected chi connectivity index (χ2v) is 5.95. The second-order valence-electron chi connectivity index (χ2n) is 5.95. The van der Waals surface area contributed by atoms with E-state index in [1.54, 1.807) is 0 Å². The third kappa shape index (κ3) is 2.85. The van der Waals surface area contributed by atoms with Gasteiger partial charge in [-0.1, -0.05) is 18.5 Å². The lowest BCUT2D eigenvalue weighted by Crippen LogP contribution is -2.46. The van der Waals surface area contributed by atoms with Gasteiger partial charge in [0, 0.05) is 5.92 Å². The molecular formula is C14H21N3O3. The summed E-state index contributed by atoms with van der Waals surface area (Å²) in [6, 6.07) is -0.420. The van der Waals surface area contributed by atoms with Crippen molar-refractivity contribution in [3.63, 3.8) is 0 Å². The molecule has 1 aliphatic carbocycles. The average molecular weight is 279 g/mol. The van der Waals surface area contributed by atoms with Gasteiger partial charge in [-0.15, -0.1) is 0 Å². The smallest absolute Gasteiger partial charge is 0.320 e. The molecule has 0 spiro atoms. The number of aliphatic carboxylic acids is 1. The standard InChI is InChI=1S/C14H21N3O3/c1-2-9-5-6-17(11(7-9)14(18)19)8-12-15-13(20-16-12)10-3-4-10/h9-11H,2-8H2,1H3,(H,18,19). The molecule has 2 heterocycles. The van der Waals surface area contributed by atoms with Gasteiger partial charge in [0.2, 0.25) is 5.89 Å². The summed E-state index contributed by atoms with van der Waals surface area (Å²) in [6.45, 7) is 3.40. The maximum absolute atomic E-state index is 11.4. The highest BCUT2D eigenvalue weighted by Crippen LogP contribution is 2.39. The number of hydrogen-bond acceptors (Lipinski definition) is 5. The summed E-state index contributed by atoms with van der Waals surface area (Å²) in [7, 11) is 0. The lowest BCUT2D eigenvalue weighted by Gasteiger charge is -2.36. The molecule has 0 aromatic carbocycles. The minimum absolute atomic E-state index is 0.420. The highest BCUT2D eigenvalue weighted by atomic mass is 16.5. The van der Waals surface area contributed by atoms with Crippen molar-refractivity contribution in [2.45, 2.75) is 57.5 Å². The molecule has 0 bridgehead atoms. The van der Waals surface area contributed by atoms with Crippen molar-refractivity contribution in [3.05, 3.63) is 11.7 Å². The lowest BCUT2D eigenvalue weighted by atomic mass is 9.89. The molecule has 1 saturated carbocycles. The molecular weight excluding hydrogens is 258 g/mol. The summed E-state index contributed by atoms with van der Waals surface area (Å²) in [5.74, 6) is 1.55. The van der Waals surface area contributed by atoms with Crippen LogP contribution in [-0.2, 0) is 11.3 Å². The van der Waals surface area contributed by atoms with E-state index in [0.29, 0.717) is 24.2 Å². The van der Waals surface area contributed by atoms with Gasteiger partial charge in [-0.25, -0.2) is 0 Å². The molecule has 1 saturated heterocycles. The number of carbonyl (C=O) groups is 1. The summed E-state index contributed by atoms with van der Waals surface area (Å²) in [6.07, 6.45) is 5.07. The van der Waals surface area contributed by atoms with E-state index in [2.05, 4.69) is 17.1 Å². The zero-order valence-electron chi connectivity index (χ0n) is 11.8. The fraction of sp³-hybridized carbons (Fsp3) is 0.786. The molecule has 2 fully saturated rings. The average Bonchev–Trinajstić information content (AvgIpc) is 3.20. The minimum Gasteiger partial charge on any atom is -0.480 e. The van der Waals surface area contributed by atoms with Crippen LogP contribution in [0.25, 0.3) is 0 Å². The quantitative estimate of drug-likeness (QED) is 0.888. The first-order valence-corrected chi connectivity index (χ1v) is 7.46. The zero-order chi connectivity index (χ0) is 14.1. The van der Waals surface area contributed by atoms with Crippen LogP contribution in [0.4, 0.5) is 0 Å². The number of carboxylic acid groups (broad SMARTS) is 1. The SMILES string of the molecule is CCC1CCN(Cc2noc(C3CC3)n2)C(C(=O)O)C1. The molecule has 1 N–H and O–H groups in total. The van der Waals surface area contributed by atoms with Crippen molar-refractivity contribution in [1.29, 1.82) is 0 Å². The van der Waals surface area contributed by atoms with Gasteiger partial charge >= 0.3 is 5.97 Å². The Bertz CT molecular complexity index is 484. The number of hydrogen-bond donors (Lipinski definition) is 1. The fourth-order valence-electron chi connectivity index (χ4n) is 2.91. The molecule has 1 aromatic rings. The number of rotatable bonds is 5. The summed E-state index contributed by atoms with van der Waals surface area (Å²) in [5, 5.41) is 13.4. The van der Waals surface area contributed by atoms with E-state index >= 15 is 0 Å². The van der Waals surface area contributed by atoms with Gasteiger partial charge < -0.3 is 9.63 Å². The van der Waals surface area contributed by atoms with Crippen molar-refractivity contribution in [1.82, 2.24) is 15.0 Å². The minimum atomic E-state index is -0.742. The van der Waals surface area contributed by atoms with Crippen LogP contribution in [0.2, 0.25) is 0 Å². The molecule has 110 valence electrons. The third-order valence-corrected chi connectivity index (χ3v) is 4.44. The maximum Gasteiger partial charge on any atom is 0.320 e. The van der Waals surface area contributed by atoms with Crippen molar-refractivity contribution in [3.8, 4) is 0 Å². The van der Waals surface area contributed by atoms with E-state index in [0.717, 1.165) is 44.5 Å². The molecule has 1 aromatic heterocycles. The topological polar surface area (TPSA) is 79.5 Å². The van der Waals surface area contributed by atoms with Crippen molar-refractivity contribution < 1.29 is 14.4 Å². The molecule has 3 rings (SSSR count). The van der Waals surface area contributed by atoms with E-state index in [1.807, 2.05) is 4.90 Å². The van der Waals surface area contributed by atoms with E-state index in [9.17, 15) is 9.90 Å². The molecule has 2 aliphatic rings. The van der Waals surface area contributed by atoms with Crippen LogP contribution in [0, 0.1) is 5.92 Å². The molecule has 2 unspecified atom stereocenters. The van der Waals surface area contributed by atoms with Crippen molar-refractivity contribution in [2.75, 3.05) is 6.54 Å². The predicted molar refractivity (Wildman–Crippen MR) is 71.1 cm³/mol. The van der Waals surface area contributed by atoms with Crippen LogP contribution >= 0.6 is 0 Å². The molecule has 2 atom stereocenters. The summed E-state index contributed by atoms with van der Waals surface area (Å²) >= 11 is 0. The number of piperidine rings is 1. The maximum atomic E-state index is 11.4. The van der Waals surface area contributed by atoms with E-state index in [-0.39, 0.29) is 0 Å². The molecule has 1 aliphatic heterocycles. The fourth-order valence-corrected chi connectivity index (χ4v) is 2.91. The number of carboxylic acids is 1. The third-order valence-electron chi connectivity index (χ3n) is 4.44. The van der Waals surface area contributed by atoms with Gasteiger partial charge in [-0.3, -0.25) is 9.69 Å². The molecule has 6 nitrogen and oxygen atoms in total. The summed E-state index contributed by atoms with van der Waals surface area (Å²) < 4.78 is 5.23. The highest BCUT2D eigenvalue weighted by molar-refractivity contribution is 5.73. The van der Waals surface area contributed by atoms with Crippen LogP contribution in [0.15, 0.2) is 4.52 Å². The Balaban J connectivity index is 1.66. The first-order chi connectivity index (χ1) is 9.67. The Morgan fingerprint density at radius 2 is 2.25 bits per heavy atom. The first kappa shape index (κ1) is 13.5. The van der Waals surface area contributed by atoms with E-state index in [1.165, 1.54) is 0 Å². The van der Waals surface area contributed by atoms with Crippen LogP contribution < -0.4 is 0 Å². The number of nitrogens with zero attached hydrogens (tertiary/aromatic N) is 3. The second kappa shape index (κ2) is 5.52. The van der Waals surface area contributed by atoms with Crippen LogP contribution in [0.5, 0.6) is 0 Å². The number of likely N-dealkylation sites (tertiary alicyclic amines) is 1. The molecule has 0 amide bonds. The molecule has 6 heteroatoms. The Morgan fingerprint density at radius 3 is 2.90 bits per heavy atom. The number of aromatic nitrogens is 2. The Kier molecular flexibility index (Phi) is 3.74. The molecule has 20 heavy (non-hydrogen) atoms.